The van der Waals surface area contributed by atoms with Gasteiger partial charge in [-0.25, -0.2) is 4.79 Å². The van der Waals surface area contributed by atoms with Crippen molar-refractivity contribution in [3.05, 3.63) is 28.8 Å². The molecule has 0 radical (unpaired) electrons. The molecular weight excluding hydrogens is 488 g/mol. The van der Waals surface area contributed by atoms with E-state index in [-0.39, 0.29) is 45.6 Å². The van der Waals surface area contributed by atoms with Crippen LogP contribution in [0, 0.1) is 12.8 Å². The minimum absolute atomic E-state index is 0.0349. The number of rotatable bonds is 7. The predicted octanol–water partition coefficient (Wildman–Crippen LogP) is 1.59. The summed E-state index contributed by atoms with van der Waals surface area (Å²) in [6.45, 7) is 1.87. The lowest BCUT2D eigenvalue weighted by molar-refractivity contribution is -0.316. The highest BCUT2D eigenvalue weighted by molar-refractivity contribution is 6.11. The Labute approximate surface area is 212 Å². The van der Waals surface area contributed by atoms with Gasteiger partial charge in [0, 0.05) is 10.9 Å². The zero-order valence-corrected chi connectivity index (χ0v) is 20.5. The second-order valence-corrected chi connectivity index (χ2v) is 10.0. The number of carboxylic acids is 1. The molecule has 0 aromatic heterocycles. The molecule has 2 fully saturated rings. The van der Waals surface area contributed by atoms with Crippen molar-refractivity contribution in [2.75, 3.05) is 6.61 Å². The Morgan fingerprint density at radius 3 is 2.35 bits per heavy atom. The maximum Gasteiger partial charge on any atom is 0.335 e. The smallest absolute Gasteiger partial charge is 0.335 e. The van der Waals surface area contributed by atoms with Crippen molar-refractivity contribution >= 4 is 22.5 Å². The van der Waals surface area contributed by atoms with Gasteiger partial charge < -0.3 is 45.2 Å². The molecular formula is C26H32O11. The van der Waals surface area contributed by atoms with E-state index in [4.69, 9.17) is 9.47 Å². The molecule has 0 bridgehead atoms. The van der Waals surface area contributed by atoms with Crippen LogP contribution in [0.25, 0.3) is 10.8 Å². The van der Waals surface area contributed by atoms with Gasteiger partial charge in [0.25, 0.3) is 0 Å². The number of hydrogen-bond donors (Lipinski definition) is 7. The van der Waals surface area contributed by atoms with Crippen LogP contribution in [0.4, 0.5) is 0 Å². The molecule has 2 aliphatic rings. The van der Waals surface area contributed by atoms with E-state index in [0.29, 0.717) is 0 Å². The molecule has 0 unspecified atom stereocenters. The number of benzene rings is 2. The average molecular weight is 521 g/mol. The summed E-state index contributed by atoms with van der Waals surface area (Å²) in [5, 5.41) is 73.9. The number of carboxylic acid groups (broad SMARTS) is 1. The second-order valence-electron chi connectivity index (χ2n) is 10.0. The van der Waals surface area contributed by atoms with Gasteiger partial charge in [0.2, 0.25) is 6.29 Å². The molecule has 1 aliphatic carbocycles. The number of fused-ring (bicyclic) bond motifs is 1. The van der Waals surface area contributed by atoms with E-state index >= 15 is 0 Å². The van der Waals surface area contributed by atoms with Crippen LogP contribution < -0.4 is 4.74 Å². The Balaban J connectivity index is 1.78. The van der Waals surface area contributed by atoms with E-state index in [2.05, 4.69) is 0 Å². The fourth-order valence-electron chi connectivity index (χ4n) is 5.66. The summed E-state index contributed by atoms with van der Waals surface area (Å²) >= 11 is 0. The molecule has 0 amide bonds. The van der Waals surface area contributed by atoms with Gasteiger partial charge in [-0.1, -0.05) is 25.7 Å². The number of carbonyl (C=O) groups excluding carboxylic acids is 1. The fraction of sp³-hybridized carbons (Fsp3) is 0.538. The first kappa shape index (κ1) is 27.1. The monoisotopic (exact) mass is 520 g/mol. The molecule has 7 N–H and O–H groups in total. The molecule has 1 saturated carbocycles. The van der Waals surface area contributed by atoms with E-state index in [9.17, 15) is 45.3 Å². The number of aromatic hydroxyl groups is 2. The first-order chi connectivity index (χ1) is 17.4. The summed E-state index contributed by atoms with van der Waals surface area (Å²) in [5.41, 5.74) is -2.47. The van der Waals surface area contributed by atoms with E-state index < -0.39 is 60.1 Å². The number of carbonyl (C=O) groups is 2. The number of aliphatic hydroxyl groups is 4. The van der Waals surface area contributed by atoms with Gasteiger partial charge >= 0.3 is 5.97 Å². The summed E-state index contributed by atoms with van der Waals surface area (Å²) in [7, 11) is 0. The lowest BCUT2D eigenvalue weighted by Gasteiger charge is -2.48. The molecule has 11 heteroatoms. The van der Waals surface area contributed by atoms with Crippen molar-refractivity contribution in [2.24, 2.45) is 5.92 Å². The van der Waals surface area contributed by atoms with E-state index in [0.717, 1.165) is 37.8 Å². The van der Waals surface area contributed by atoms with Crippen LogP contribution in [0.5, 0.6) is 17.2 Å². The molecule has 202 valence electrons. The first-order valence-corrected chi connectivity index (χ1v) is 12.2. The maximum absolute atomic E-state index is 12.2. The van der Waals surface area contributed by atoms with Crippen LogP contribution in [-0.2, 0) is 4.74 Å². The second kappa shape index (κ2) is 10.1. The molecule has 0 spiro atoms. The maximum atomic E-state index is 12.2. The van der Waals surface area contributed by atoms with Crippen LogP contribution >= 0.6 is 0 Å². The third-order valence-corrected chi connectivity index (χ3v) is 7.63. The molecule has 1 aliphatic heterocycles. The Kier molecular flexibility index (Phi) is 7.37. The lowest BCUT2D eigenvalue weighted by Crippen LogP contribution is -2.68. The molecule has 11 nitrogen and oxygen atoms in total. The van der Waals surface area contributed by atoms with Crippen molar-refractivity contribution < 1.29 is 54.8 Å². The van der Waals surface area contributed by atoms with Gasteiger partial charge in [0.15, 0.2) is 5.78 Å². The summed E-state index contributed by atoms with van der Waals surface area (Å²) in [4.78, 5) is 24.0. The number of phenols is 2. The van der Waals surface area contributed by atoms with Crippen molar-refractivity contribution in [1.82, 2.24) is 0 Å². The SMILES string of the molecule is CC(=O)c1c(C)c(O)c2cc(C(=O)O)cc(O[C@@H]3O[C@H](CO)[C@](O)(CC4CCCC4)[C@H](O)[C@H]3O)c2c1O. The summed E-state index contributed by atoms with van der Waals surface area (Å²) in [6, 6.07) is 2.11. The van der Waals surface area contributed by atoms with Gasteiger partial charge in [0.05, 0.1) is 23.1 Å². The molecule has 37 heavy (non-hydrogen) atoms. The topological polar surface area (TPSA) is 194 Å². The Morgan fingerprint density at radius 2 is 1.78 bits per heavy atom. The zero-order valence-electron chi connectivity index (χ0n) is 20.5. The minimum Gasteiger partial charge on any atom is -0.507 e. The Morgan fingerprint density at radius 1 is 1.14 bits per heavy atom. The zero-order chi connectivity index (χ0) is 27.2. The van der Waals surface area contributed by atoms with Gasteiger partial charge in [-0.05, 0) is 38.3 Å². The van der Waals surface area contributed by atoms with Gasteiger partial charge in [-0.2, -0.15) is 0 Å². The highest BCUT2D eigenvalue weighted by Gasteiger charge is 2.56. The predicted molar refractivity (Wildman–Crippen MR) is 129 cm³/mol. The third-order valence-electron chi connectivity index (χ3n) is 7.63. The number of hydrogen-bond acceptors (Lipinski definition) is 10. The van der Waals surface area contributed by atoms with Gasteiger partial charge in [-0.15, -0.1) is 0 Å². The van der Waals surface area contributed by atoms with Crippen molar-refractivity contribution in [3.8, 4) is 17.2 Å². The molecule has 5 atom stereocenters. The van der Waals surface area contributed by atoms with Crippen LogP contribution in [0.2, 0.25) is 0 Å². The summed E-state index contributed by atoms with van der Waals surface area (Å²) < 4.78 is 11.4. The fourth-order valence-corrected chi connectivity index (χ4v) is 5.66. The van der Waals surface area contributed by atoms with Gasteiger partial charge in [0.1, 0.15) is 41.2 Å². The number of aliphatic hydroxyl groups excluding tert-OH is 3. The average Bonchev–Trinajstić information content (AvgIpc) is 3.35. The molecule has 2 aromatic rings. The Bertz CT molecular complexity index is 1220. The van der Waals surface area contributed by atoms with Crippen LogP contribution in [0.1, 0.15) is 65.3 Å². The van der Waals surface area contributed by atoms with Crippen molar-refractivity contribution in [2.45, 2.75) is 76.2 Å². The van der Waals surface area contributed by atoms with Crippen molar-refractivity contribution in [1.29, 1.82) is 0 Å². The van der Waals surface area contributed by atoms with Crippen molar-refractivity contribution in [3.63, 3.8) is 0 Å². The van der Waals surface area contributed by atoms with Crippen LogP contribution in [-0.4, -0.2) is 84.3 Å². The number of ether oxygens (including phenoxy) is 2. The minimum atomic E-state index is -1.96. The summed E-state index contributed by atoms with van der Waals surface area (Å²) in [6.07, 6.45) is -2.95. The van der Waals surface area contributed by atoms with E-state index in [1.807, 2.05) is 0 Å². The quantitative estimate of drug-likeness (QED) is 0.207. The van der Waals surface area contributed by atoms with E-state index in [1.54, 1.807) is 0 Å². The number of phenolic OH excluding ortho intramolecular Hbond substituents is 2. The number of Topliss-reactive ketones (excluding diaryl/α,β-unsaturated/α-hetero) is 1. The number of ketones is 1. The molecule has 1 heterocycles. The summed E-state index contributed by atoms with van der Waals surface area (Å²) in [5.74, 6) is -3.27. The molecule has 2 aromatic carbocycles. The Hall–Kier alpha value is -2.96. The highest BCUT2D eigenvalue weighted by atomic mass is 16.7. The third kappa shape index (κ3) is 4.62. The number of aromatic carboxylic acids is 1. The molecule has 1 saturated heterocycles. The normalized spacial score (nSPS) is 28.5. The molecule has 4 rings (SSSR count). The van der Waals surface area contributed by atoms with Crippen LogP contribution in [0.15, 0.2) is 12.1 Å². The first-order valence-electron chi connectivity index (χ1n) is 12.2. The highest BCUT2D eigenvalue weighted by Crippen LogP contribution is 2.46. The van der Waals surface area contributed by atoms with Crippen LogP contribution in [0.3, 0.4) is 0 Å². The lowest BCUT2D eigenvalue weighted by atomic mass is 9.77. The largest absolute Gasteiger partial charge is 0.507 e. The van der Waals surface area contributed by atoms with Gasteiger partial charge in [-0.3, -0.25) is 4.79 Å². The standard InChI is InChI=1S/C26H32O11/c1-11-18(12(2)28)21(30)19-15(20(11)29)7-14(24(33)34)8-16(19)36-25-22(31)23(32)26(35,17(10-27)37-25)9-13-5-3-4-6-13/h7-8,13,17,22-23,25,27,29-32,35H,3-6,9-10H2,1-2H3,(H,33,34)/t17-,22-,23-,25-,26-/m1/s1. The van der Waals surface area contributed by atoms with E-state index in [1.165, 1.54) is 13.8 Å².